The van der Waals surface area contributed by atoms with Crippen molar-refractivity contribution in [2.75, 3.05) is 27.3 Å². The highest BCUT2D eigenvalue weighted by molar-refractivity contribution is 5.86. The second-order valence-corrected chi connectivity index (χ2v) is 13.9. The van der Waals surface area contributed by atoms with E-state index in [9.17, 15) is 14.4 Å². The molecule has 2 fully saturated rings. The number of imidazole rings is 2. The van der Waals surface area contributed by atoms with Crippen molar-refractivity contribution in [1.82, 2.24) is 35.1 Å². The zero-order valence-corrected chi connectivity index (χ0v) is 31.4. The average Bonchev–Trinajstić information content (AvgIpc) is 4.01. The van der Waals surface area contributed by atoms with Crippen molar-refractivity contribution in [2.24, 2.45) is 10.9 Å². The summed E-state index contributed by atoms with van der Waals surface area (Å²) in [5, 5.41) is 2.69. The molecule has 0 unspecified atom stereocenters. The number of nitrogens with zero attached hydrogens (tertiary/aromatic N) is 5. The van der Waals surface area contributed by atoms with Crippen LogP contribution >= 0.6 is 0 Å². The van der Waals surface area contributed by atoms with Crippen LogP contribution in [0.15, 0.2) is 53.7 Å². The quantitative estimate of drug-likeness (QED) is 0.0537. The summed E-state index contributed by atoms with van der Waals surface area (Å²) in [6.07, 6.45) is 7.17. The number of hydrogen-bond donors (Lipinski definition) is 3. The summed E-state index contributed by atoms with van der Waals surface area (Å²) >= 11 is 0. The smallest absolute Gasteiger partial charge is 0.407 e. The molecule has 0 saturated carbocycles. The molecule has 3 amide bonds. The molecule has 14 heteroatoms. The van der Waals surface area contributed by atoms with Crippen LogP contribution < -0.4 is 5.32 Å². The second-order valence-electron chi connectivity index (χ2n) is 13.9. The zero-order valence-electron chi connectivity index (χ0n) is 31.4. The number of alkyl carbamates (subject to hydrolysis) is 1. The van der Waals surface area contributed by atoms with E-state index in [2.05, 4.69) is 37.0 Å². The summed E-state index contributed by atoms with van der Waals surface area (Å²) in [7, 11) is 2.68. The average molecular weight is 737 g/mol. The number of H-pyrrole nitrogens is 2. The Morgan fingerprint density at radius 1 is 0.963 bits per heavy atom. The van der Waals surface area contributed by atoms with Crippen LogP contribution in [0.3, 0.4) is 0 Å². The van der Waals surface area contributed by atoms with Gasteiger partial charge in [-0.3, -0.25) is 9.59 Å². The van der Waals surface area contributed by atoms with E-state index in [-0.39, 0.29) is 29.8 Å². The molecule has 0 aliphatic carbocycles. The summed E-state index contributed by atoms with van der Waals surface area (Å²) in [6, 6.07) is 12.2. The number of rotatable bonds is 12. The summed E-state index contributed by atoms with van der Waals surface area (Å²) < 4.78 is 4.75. The van der Waals surface area contributed by atoms with Gasteiger partial charge in [-0.1, -0.05) is 51.2 Å². The van der Waals surface area contributed by atoms with Crippen LogP contribution in [-0.2, 0) is 24.1 Å². The molecule has 2 aromatic carbocycles. The van der Waals surface area contributed by atoms with Crippen molar-refractivity contribution in [1.29, 1.82) is 0 Å². The van der Waals surface area contributed by atoms with Crippen LogP contribution in [0.25, 0.3) is 22.3 Å². The fourth-order valence-electron chi connectivity index (χ4n) is 7.16. The summed E-state index contributed by atoms with van der Waals surface area (Å²) in [5.41, 5.74) is 5.05. The van der Waals surface area contributed by atoms with Crippen molar-refractivity contribution < 1.29 is 28.9 Å². The third-order valence-electron chi connectivity index (χ3n) is 9.95. The Morgan fingerprint density at radius 2 is 1.65 bits per heavy atom. The number of aromatic amines is 2. The molecule has 0 bridgehead atoms. The number of methoxy groups -OCH3 is 1. The predicted molar refractivity (Wildman–Crippen MR) is 203 cm³/mol. The van der Waals surface area contributed by atoms with Crippen LogP contribution in [0.2, 0.25) is 0 Å². The SMILES string of the molecule is CCC[C@H](/N=C\OOC)C(=O)N1CCC[C@H]1c1nc2cc(C#Cc3ccc(-c4c[nH]c([C@@H]5CCCN5C(=O)[C@@H](NC(=O)OC)C(C)C)n4)cc3)ccc2[nH]1. The molecule has 3 N–H and O–H groups in total. The first kappa shape index (κ1) is 38.1. The number of fused-ring (bicyclic) bond motifs is 1. The minimum Gasteiger partial charge on any atom is -0.453 e. The number of ether oxygens (including phenoxy) is 1. The van der Waals surface area contributed by atoms with Gasteiger partial charge in [0.25, 0.3) is 0 Å². The Labute approximate surface area is 315 Å². The largest absolute Gasteiger partial charge is 0.453 e. The topological polar surface area (TPSA) is 167 Å². The molecule has 2 aromatic heterocycles. The van der Waals surface area contributed by atoms with Crippen molar-refractivity contribution >= 4 is 35.3 Å². The molecule has 2 aliphatic heterocycles. The van der Waals surface area contributed by atoms with Crippen LogP contribution in [0, 0.1) is 17.8 Å². The number of carbonyl (C=O) groups excluding carboxylic acids is 3. The molecule has 284 valence electrons. The molecule has 6 rings (SSSR count). The molecule has 0 spiro atoms. The Bertz CT molecular complexity index is 2030. The van der Waals surface area contributed by atoms with E-state index in [1.54, 1.807) is 4.90 Å². The van der Waals surface area contributed by atoms with Gasteiger partial charge in [0.2, 0.25) is 18.2 Å². The van der Waals surface area contributed by atoms with E-state index >= 15 is 0 Å². The number of aliphatic imine (C=N–C) groups is 1. The molecule has 54 heavy (non-hydrogen) atoms. The predicted octanol–water partition coefficient (Wildman–Crippen LogP) is 5.84. The van der Waals surface area contributed by atoms with Crippen LogP contribution in [0.1, 0.15) is 94.2 Å². The highest BCUT2D eigenvalue weighted by Crippen LogP contribution is 2.34. The van der Waals surface area contributed by atoms with E-state index in [0.717, 1.165) is 71.3 Å². The van der Waals surface area contributed by atoms with Gasteiger partial charge in [0, 0.05) is 36.0 Å². The Balaban J connectivity index is 1.12. The summed E-state index contributed by atoms with van der Waals surface area (Å²) in [5.74, 6) is 7.70. The van der Waals surface area contributed by atoms with Crippen LogP contribution in [0.4, 0.5) is 4.79 Å². The number of likely N-dealkylation sites (tertiary alicyclic amines) is 2. The van der Waals surface area contributed by atoms with Crippen molar-refractivity contribution in [3.05, 3.63) is 71.4 Å². The van der Waals surface area contributed by atoms with Gasteiger partial charge in [-0.2, -0.15) is 4.89 Å². The minimum atomic E-state index is -0.688. The van der Waals surface area contributed by atoms with Gasteiger partial charge in [-0.25, -0.2) is 19.8 Å². The third kappa shape index (κ3) is 8.58. The van der Waals surface area contributed by atoms with E-state index in [0.29, 0.717) is 25.3 Å². The normalized spacial score (nSPS) is 18.2. The first-order valence-electron chi connectivity index (χ1n) is 18.5. The summed E-state index contributed by atoms with van der Waals surface area (Å²) in [4.78, 5) is 72.7. The molecule has 2 saturated heterocycles. The molecular weight excluding hydrogens is 688 g/mol. The van der Waals surface area contributed by atoms with Crippen molar-refractivity contribution in [2.45, 2.75) is 83.5 Å². The number of nitrogens with one attached hydrogen (secondary N) is 3. The maximum Gasteiger partial charge on any atom is 0.407 e. The Morgan fingerprint density at radius 3 is 2.33 bits per heavy atom. The number of benzene rings is 2. The maximum absolute atomic E-state index is 13.5. The van der Waals surface area contributed by atoms with Gasteiger partial charge in [-0.15, -0.1) is 0 Å². The third-order valence-corrected chi connectivity index (χ3v) is 9.95. The van der Waals surface area contributed by atoms with E-state index in [4.69, 9.17) is 19.6 Å². The Hall–Kier alpha value is -5.68. The van der Waals surface area contributed by atoms with E-state index in [1.807, 2.05) is 74.3 Å². The fraction of sp³-hybridized carbons (Fsp3) is 0.450. The monoisotopic (exact) mass is 736 g/mol. The first-order valence-corrected chi connectivity index (χ1v) is 18.5. The highest BCUT2D eigenvalue weighted by atomic mass is 17.2. The van der Waals surface area contributed by atoms with Crippen molar-refractivity contribution in [3.63, 3.8) is 0 Å². The molecule has 4 aromatic rings. The molecule has 14 nitrogen and oxygen atoms in total. The Kier molecular flexibility index (Phi) is 12.3. The van der Waals surface area contributed by atoms with Crippen LogP contribution in [0.5, 0.6) is 0 Å². The minimum absolute atomic E-state index is 0.0420. The standard InChI is InChI=1S/C40H48N8O6/c1-6-9-30(42-24-54-53-5)38(49)47-20-8-11-34(47)37-43-29-19-16-27(22-31(29)44-37)13-12-26-14-17-28(18-15-26)32-23-41-36(45-32)33-10-7-21-48(33)39(50)35(25(2)3)46-40(51)52-4/h14-19,22-25,30,33-35H,6-11,20-21H2,1-5H3,(H,41,45)(H,43,44)(H,46,51)/b42-24-/t30-,33-,34-,35-/m0/s1. The second kappa shape index (κ2) is 17.4. The number of hydrogen-bond acceptors (Lipinski definition) is 9. The number of amides is 3. The van der Waals surface area contributed by atoms with Gasteiger partial charge in [0.1, 0.15) is 23.7 Å². The van der Waals surface area contributed by atoms with Crippen LogP contribution in [-0.4, -0.2) is 93.4 Å². The number of aromatic nitrogens is 4. The number of carbonyl (C=O) groups is 3. The van der Waals surface area contributed by atoms with Gasteiger partial charge in [0.15, 0.2) is 0 Å². The van der Waals surface area contributed by atoms with Gasteiger partial charge in [0.05, 0.1) is 43.0 Å². The molecular formula is C40H48N8O6. The fourth-order valence-corrected chi connectivity index (χ4v) is 7.16. The van der Waals surface area contributed by atoms with Gasteiger partial charge >= 0.3 is 6.09 Å². The van der Waals surface area contributed by atoms with Crippen molar-refractivity contribution in [3.8, 4) is 23.1 Å². The lowest BCUT2D eigenvalue weighted by Crippen LogP contribution is -2.51. The lowest BCUT2D eigenvalue weighted by molar-refractivity contribution is -0.188. The molecule has 2 aliphatic rings. The zero-order chi connectivity index (χ0) is 38.2. The first-order chi connectivity index (χ1) is 26.2. The highest BCUT2D eigenvalue weighted by Gasteiger charge is 2.38. The van der Waals surface area contributed by atoms with E-state index in [1.165, 1.54) is 20.6 Å². The van der Waals surface area contributed by atoms with Gasteiger partial charge in [-0.05, 0) is 68.4 Å². The lowest BCUT2D eigenvalue weighted by atomic mass is 10.0. The molecule has 4 heterocycles. The van der Waals surface area contributed by atoms with Gasteiger partial charge < -0.3 is 34.7 Å². The summed E-state index contributed by atoms with van der Waals surface area (Å²) in [6.45, 7) is 7.06. The molecule has 4 atom stereocenters. The maximum atomic E-state index is 13.5. The molecule has 0 radical (unpaired) electrons. The lowest BCUT2D eigenvalue weighted by Gasteiger charge is -2.29. The van der Waals surface area contributed by atoms with E-state index < -0.39 is 18.2 Å².